The molecule has 0 unspecified atom stereocenters. The molecule has 51 heavy (non-hydrogen) atoms. The second-order valence-corrected chi connectivity index (χ2v) is 13.8. The zero-order valence-corrected chi connectivity index (χ0v) is 30.6. The molecule has 2 nitrogen and oxygen atoms in total. The Balaban J connectivity index is 1.09. The topological polar surface area (TPSA) is 6.48 Å². The Labute approximate surface area is 309 Å². The Morgan fingerprint density at radius 3 is 0.882 bits per heavy atom. The molecule has 242 valence electrons. The average Bonchev–Trinajstić information content (AvgIpc) is 3.21. The third-order valence-electron chi connectivity index (χ3n) is 9.42. The number of hydrogen-bond donors (Lipinski definition) is 0. The summed E-state index contributed by atoms with van der Waals surface area (Å²) in [6.07, 6.45) is 0. The third kappa shape index (κ3) is 7.00. The maximum absolute atomic E-state index is 2.38. The van der Waals surface area contributed by atoms with Gasteiger partial charge in [-0.3, -0.25) is 0 Å². The summed E-state index contributed by atoms with van der Waals surface area (Å²) in [6, 6.07) is 76.0. The van der Waals surface area contributed by atoms with Crippen LogP contribution in [0.3, 0.4) is 0 Å². The van der Waals surface area contributed by atoms with Gasteiger partial charge in [-0.2, -0.15) is 0 Å². The molecule has 0 spiro atoms. The minimum Gasteiger partial charge on any atom is -0.312 e. The molecular formula is C48H37AlN2. The molecule has 0 N–H and O–H groups in total. The first-order valence-electron chi connectivity index (χ1n) is 17.4. The smallest absolute Gasteiger partial charge is 0.262 e. The van der Waals surface area contributed by atoms with Crippen molar-refractivity contribution in [1.29, 1.82) is 0 Å². The predicted molar refractivity (Wildman–Crippen MR) is 220 cm³/mol. The lowest BCUT2D eigenvalue weighted by Gasteiger charge is -2.28. The summed E-state index contributed by atoms with van der Waals surface area (Å²) >= 11 is 0.958. The number of anilines is 6. The summed E-state index contributed by atoms with van der Waals surface area (Å²) in [6.45, 7) is 0. The van der Waals surface area contributed by atoms with Crippen LogP contribution in [-0.2, 0) is 0 Å². The molecule has 0 atom stereocenters. The average molecular weight is 669 g/mol. The number of para-hydroxylation sites is 2. The molecule has 8 rings (SSSR count). The van der Waals surface area contributed by atoms with Gasteiger partial charge in [0, 0.05) is 34.1 Å². The predicted octanol–water partition coefficient (Wildman–Crippen LogP) is 11.9. The van der Waals surface area contributed by atoms with Gasteiger partial charge >= 0.3 is 0 Å². The Morgan fingerprint density at radius 1 is 0.235 bits per heavy atom. The molecule has 8 aromatic rings. The van der Waals surface area contributed by atoms with E-state index in [0.29, 0.717) is 0 Å². The molecule has 8 aromatic carbocycles. The first kappa shape index (κ1) is 32.1. The van der Waals surface area contributed by atoms with Gasteiger partial charge in [0.05, 0.1) is 0 Å². The fraction of sp³-hybridized carbons (Fsp3) is 0. The molecule has 0 saturated carbocycles. The van der Waals surface area contributed by atoms with E-state index in [1.54, 1.807) is 0 Å². The van der Waals surface area contributed by atoms with Crippen molar-refractivity contribution in [3.8, 4) is 33.4 Å². The number of nitrogens with zero attached hydrogens (tertiary/aromatic N) is 2. The fourth-order valence-electron chi connectivity index (χ4n) is 6.74. The van der Waals surface area contributed by atoms with Crippen LogP contribution in [0.1, 0.15) is 0 Å². The van der Waals surface area contributed by atoms with Crippen molar-refractivity contribution in [3.05, 3.63) is 212 Å². The van der Waals surface area contributed by atoms with Crippen LogP contribution in [0.5, 0.6) is 0 Å². The Morgan fingerprint density at radius 2 is 0.510 bits per heavy atom. The summed E-state index contributed by atoms with van der Waals surface area (Å²) < 4.78 is 1.36. The molecule has 0 radical (unpaired) electrons. The molecule has 0 amide bonds. The lowest BCUT2D eigenvalue weighted by atomic mass is 10.0. The maximum Gasteiger partial charge on any atom is 0.262 e. The van der Waals surface area contributed by atoms with Gasteiger partial charge in [0.2, 0.25) is 0 Å². The monoisotopic (exact) mass is 668 g/mol. The zero-order valence-electron chi connectivity index (χ0n) is 28.6. The zero-order chi connectivity index (χ0) is 34.4. The molecule has 0 heterocycles. The summed E-state index contributed by atoms with van der Waals surface area (Å²) in [5, 5.41) is 0. The standard InChI is InChI=1S/C48H35N2.Al.2H/c1-5-13-37(14-6-1)39-21-29-45(30-22-39)49(43-17-9-3-10-18-43)47-33-25-41(26-34-47)42-27-35-48(36-28-42)50(44-19-11-4-12-20-44)46-31-23-40(24-32-46)38-15-7-2-8-16-38;;;/h1-19,21-36H;;;. The number of hydrogen-bond acceptors (Lipinski definition) is 2. The molecule has 0 aliphatic heterocycles. The van der Waals surface area contributed by atoms with Crippen molar-refractivity contribution in [1.82, 2.24) is 0 Å². The minimum absolute atomic E-state index is 0.958. The molecule has 0 bridgehead atoms. The SMILES string of the molecule is [AlH2][c]1ccccc1N(c1ccc(-c2ccccc2)cc1)c1ccc(-c2ccc(N(c3ccccc3)c3ccc(-c4ccccc4)cc3)cc2)cc1. The highest BCUT2D eigenvalue weighted by Crippen LogP contribution is 2.38. The van der Waals surface area contributed by atoms with Gasteiger partial charge in [-0.15, -0.1) is 0 Å². The van der Waals surface area contributed by atoms with E-state index in [1.165, 1.54) is 43.5 Å². The Hall–Kier alpha value is -6.11. The van der Waals surface area contributed by atoms with E-state index < -0.39 is 0 Å². The first-order valence-corrected chi connectivity index (χ1v) is 18.4. The van der Waals surface area contributed by atoms with Crippen LogP contribution in [0, 0.1) is 0 Å². The van der Waals surface area contributed by atoms with E-state index in [0.717, 1.165) is 44.7 Å². The second kappa shape index (κ2) is 14.8. The van der Waals surface area contributed by atoms with Crippen molar-refractivity contribution in [2.24, 2.45) is 0 Å². The van der Waals surface area contributed by atoms with Crippen molar-refractivity contribution < 1.29 is 0 Å². The van der Waals surface area contributed by atoms with Crippen LogP contribution in [0.2, 0.25) is 0 Å². The van der Waals surface area contributed by atoms with E-state index in [9.17, 15) is 0 Å². The lowest BCUT2D eigenvalue weighted by Crippen LogP contribution is -2.18. The quantitative estimate of drug-likeness (QED) is 0.141. The van der Waals surface area contributed by atoms with Crippen LogP contribution >= 0.6 is 0 Å². The molecule has 0 aliphatic rings. The van der Waals surface area contributed by atoms with Crippen LogP contribution in [0.4, 0.5) is 34.1 Å². The minimum atomic E-state index is 0.958. The summed E-state index contributed by atoms with van der Waals surface area (Å²) in [7, 11) is 0. The molecule has 3 heteroatoms. The van der Waals surface area contributed by atoms with E-state index >= 15 is 0 Å². The van der Waals surface area contributed by atoms with Crippen LogP contribution in [0.15, 0.2) is 212 Å². The van der Waals surface area contributed by atoms with Crippen LogP contribution in [-0.4, -0.2) is 16.3 Å². The Bertz CT molecular complexity index is 2320. The third-order valence-corrected chi connectivity index (χ3v) is 10.3. The van der Waals surface area contributed by atoms with Gasteiger partial charge in [0.25, 0.3) is 16.3 Å². The summed E-state index contributed by atoms with van der Waals surface area (Å²) in [4.78, 5) is 4.69. The highest BCUT2D eigenvalue weighted by molar-refractivity contribution is 6.36. The van der Waals surface area contributed by atoms with E-state index in [1.807, 2.05) is 0 Å². The fourth-order valence-corrected chi connectivity index (χ4v) is 7.32. The summed E-state index contributed by atoms with van der Waals surface area (Å²) in [5.41, 5.74) is 14.1. The number of rotatable bonds is 9. The van der Waals surface area contributed by atoms with Gasteiger partial charge in [0.1, 0.15) is 0 Å². The summed E-state index contributed by atoms with van der Waals surface area (Å²) in [5.74, 6) is 0. The molecular weight excluding hydrogens is 632 g/mol. The highest BCUT2D eigenvalue weighted by atomic mass is 27.0. The maximum atomic E-state index is 2.38. The van der Waals surface area contributed by atoms with Crippen molar-refractivity contribution in [3.63, 3.8) is 0 Å². The molecule has 0 aliphatic carbocycles. The number of benzene rings is 8. The van der Waals surface area contributed by atoms with Crippen LogP contribution < -0.4 is 14.2 Å². The Kier molecular flexibility index (Phi) is 9.31. The van der Waals surface area contributed by atoms with Gasteiger partial charge in [0.15, 0.2) is 0 Å². The van der Waals surface area contributed by atoms with E-state index in [2.05, 4.69) is 222 Å². The molecule has 0 saturated heterocycles. The molecule has 0 aromatic heterocycles. The van der Waals surface area contributed by atoms with Crippen molar-refractivity contribution >= 4 is 54.8 Å². The lowest BCUT2D eigenvalue weighted by molar-refractivity contribution is 1.28. The van der Waals surface area contributed by atoms with E-state index in [4.69, 9.17) is 0 Å². The van der Waals surface area contributed by atoms with Crippen molar-refractivity contribution in [2.75, 3.05) is 9.80 Å². The van der Waals surface area contributed by atoms with Gasteiger partial charge in [-0.05, 0) is 100 Å². The van der Waals surface area contributed by atoms with Crippen LogP contribution in [0.25, 0.3) is 33.4 Å². The second-order valence-electron chi connectivity index (χ2n) is 12.7. The van der Waals surface area contributed by atoms with Crippen molar-refractivity contribution in [2.45, 2.75) is 0 Å². The van der Waals surface area contributed by atoms with Gasteiger partial charge < -0.3 is 9.80 Å². The van der Waals surface area contributed by atoms with Gasteiger partial charge in [-0.25, -0.2) is 0 Å². The van der Waals surface area contributed by atoms with Gasteiger partial charge in [-0.1, -0.05) is 150 Å². The van der Waals surface area contributed by atoms with E-state index in [-0.39, 0.29) is 0 Å². The highest BCUT2D eigenvalue weighted by Gasteiger charge is 2.16. The largest absolute Gasteiger partial charge is 0.312 e. The first-order chi connectivity index (χ1) is 25.2. The normalized spacial score (nSPS) is 10.8. The molecule has 0 fully saturated rings.